The molecule has 10 nitrogen and oxygen atoms in total. The molecule has 1 unspecified atom stereocenters. The maximum Gasteiger partial charge on any atom is 0.293 e. The molecule has 1 aliphatic rings. The first-order valence-electron chi connectivity index (χ1n) is 12.7. The molecule has 1 atom stereocenters. The summed E-state index contributed by atoms with van der Waals surface area (Å²) in [6.45, 7) is 7.49. The average Bonchev–Trinajstić information content (AvgIpc) is 3.58. The molecule has 1 aliphatic heterocycles. The third-order valence-electron chi connectivity index (χ3n) is 6.88. The van der Waals surface area contributed by atoms with E-state index in [9.17, 15) is 9.59 Å². The van der Waals surface area contributed by atoms with Crippen LogP contribution in [0.1, 0.15) is 50.1 Å². The molecule has 4 aromatic rings. The van der Waals surface area contributed by atoms with Gasteiger partial charge in [-0.3, -0.25) is 14.3 Å². The molecule has 0 fully saturated rings. The Balaban J connectivity index is 1.52. The molecule has 202 valence electrons. The van der Waals surface area contributed by atoms with Gasteiger partial charge in [0.25, 0.3) is 11.5 Å². The Morgan fingerprint density at radius 3 is 2.21 bits per heavy atom. The SMILES string of the molecule is COc1ccc(C2=NN(C(=O)Cn3nc(C)c4cnn(C(C)(C)C)c4c3=O)C(c3ccc(OC)cc3)C2)cc1. The number of methoxy groups -OCH3 is 2. The second-order valence-corrected chi connectivity index (χ2v) is 10.5. The molecule has 0 aliphatic carbocycles. The number of aromatic nitrogens is 4. The number of hydrogen-bond acceptors (Lipinski definition) is 7. The van der Waals surface area contributed by atoms with Crippen LogP contribution in [-0.4, -0.2) is 50.4 Å². The van der Waals surface area contributed by atoms with Gasteiger partial charge >= 0.3 is 0 Å². The monoisotopic (exact) mass is 528 g/mol. The summed E-state index contributed by atoms with van der Waals surface area (Å²) in [5.41, 5.74) is 2.85. The predicted molar refractivity (Wildman–Crippen MR) is 148 cm³/mol. The molecule has 3 heterocycles. The smallest absolute Gasteiger partial charge is 0.293 e. The number of benzene rings is 2. The van der Waals surface area contributed by atoms with Crippen molar-refractivity contribution in [2.45, 2.75) is 52.2 Å². The van der Waals surface area contributed by atoms with Crippen molar-refractivity contribution in [2.24, 2.45) is 5.10 Å². The van der Waals surface area contributed by atoms with Crippen LogP contribution in [0.4, 0.5) is 0 Å². The van der Waals surface area contributed by atoms with E-state index in [1.54, 1.807) is 25.1 Å². The van der Waals surface area contributed by atoms with Gasteiger partial charge in [-0.15, -0.1) is 0 Å². The first kappa shape index (κ1) is 26.1. The number of aryl methyl sites for hydroxylation is 1. The third-order valence-corrected chi connectivity index (χ3v) is 6.88. The van der Waals surface area contributed by atoms with E-state index in [2.05, 4.69) is 10.2 Å². The van der Waals surface area contributed by atoms with Crippen molar-refractivity contribution in [1.82, 2.24) is 24.6 Å². The number of rotatable bonds is 6. The van der Waals surface area contributed by atoms with Crippen molar-refractivity contribution in [3.05, 3.63) is 81.9 Å². The normalized spacial score (nSPS) is 15.5. The summed E-state index contributed by atoms with van der Waals surface area (Å²) >= 11 is 0. The fourth-order valence-electron chi connectivity index (χ4n) is 4.82. The second kappa shape index (κ2) is 10.0. The fraction of sp³-hybridized carbons (Fsp3) is 0.345. The van der Waals surface area contributed by atoms with E-state index in [1.165, 1.54) is 9.69 Å². The number of ether oxygens (including phenoxy) is 2. The van der Waals surface area contributed by atoms with Gasteiger partial charge in [-0.2, -0.15) is 15.3 Å². The molecular weight excluding hydrogens is 496 g/mol. The number of nitrogens with zero attached hydrogens (tertiary/aromatic N) is 6. The van der Waals surface area contributed by atoms with Crippen molar-refractivity contribution < 1.29 is 14.3 Å². The molecule has 0 saturated heterocycles. The van der Waals surface area contributed by atoms with Crippen LogP contribution in [0, 0.1) is 6.92 Å². The number of carbonyl (C=O) groups excluding carboxylic acids is 1. The molecule has 39 heavy (non-hydrogen) atoms. The lowest BCUT2D eigenvalue weighted by Crippen LogP contribution is -2.36. The summed E-state index contributed by atoms with van der Waals surface area (Å²) in [5, 5.41) is 15.8. The predicted octanol–water partition coefficient (Wildman–Crippen LogP) is 4.05. The van der Waals surface area contributed by atoms with Gasteiger partial charge in [-0.25, -0.2) is 9.69 Å². The van der Waals surface area contributed by atoms with Gasteiger partial charge in [0.15, 0.2) is 0 Å². The molecule has 0 radical (unpaired) electrons. The van der Waals surface area contributed by atoms with Gasteiger partial charge in [0, 0.05) is 11.8 Å². The van der Waals surface area contributed by atoms with Gasteiger partial charge < -0.3 is 9.47 Å². The van der Waals surface area contributed by atoms with Crippen molar-refractivity contribution in [3.8, 4) is 11.5 Å². The highest BCUT2D eigenvalue weighted by molar-refractivity contribution is 6.03. The number of carbonyl (C=O) groups is 1. The molecule has 2 aromatic heterocycles. The summed E-state index contributed by atoms with van der Waals surface area (Å²) in [5.74, 6) is 1.12. The van der Waals surface area contributed by atoms with E-state index in [1.807, 2.05) is 76.2 Å². The molecule has 0 spiro atoms. The third kappa shape index (κ3) is 4.89. The molecule has 0 bridgehead atoms. The Kier molecular flexibility index (Phi) is 6.71. The number of fused-ring (bicyclic) bond motifs is 1. The zero-order valence-electron chi connectivity index (χ0n) is 23.0. The molecular formula is C29H32N6O4. The summed E-state index contributed by atoms with van der Waals surface area (Å²) in [7, 11) is 3.23. The van der Waals surface area contributed by atoms with E-state index in [0.717, 1.165) is 28.3 Å². The van der Waals surface area contributed by atoms with Gasteiger partial charge in [-0.1, -0.05) is 12.1 Å². The molecule has 2 aromatic carbocycles. The molecule has 10 heteroatoms. The van der Waals surface area contributed by atoms with Crippen LogP contribution in [-0.2, 0) is 16.9 Å². The summed E-state index contributed by atoms with van der Waals surface area (Å²) < 4.78 is 13.5. The Bertz CT molecular complexity index is 1610. The maximum absolute atomic E-state index is 13.8. The summed E-state index contributed by atoms with van der Waals surface area (Å²) in [4.78, 5) is 27.3. The molecule has 0 N–H and O–H groups in total. The van der Waals surface area contributed by atoms with E-state index >= 15 is 0 Å². The van der Waals surface area contributed by atoms with Crippen LogP contribution < -0.4 is 15.0 Å². The molecule has 1 amide bonds. The first-order chi connectivity index (χ1) is 18.6. The maximum atomic E-state index is 13.8. The lowest BCUT2D eigenvalue weighted by atomic mass is 9.98. The first-order valence-corrected chi connectivity index (χ1v) is 12.7. The van der Waals surface area contributed by atoms with Crippen LogP contribution in [0.3, 0.4) is 0 Å². The Hall–Kier alpha value is -4.47. The highest BCUT2D eigenvalue weighted by atomic mass is 16.5. The Labute approximate surface area is 226 Å². The van der Waals surface area contributed by atoms with Crippen LogP contribution in [0.5, 0.6) is 11.5 Å². The van der Waals surface area contributed by atoms with Gasteiger partial charge in [-0.05, 0) is 75.2 Å². The van der Waals surface area contributed by atoms with Gasteiger partial charge in [0.2, 0.25) is 0 Å². The lowest BCUT2D eigenvalue weighted by molar-refractivity contribution is -0.133. The zero-order chi connectivity index (χ0) is 27.9. The summed E-state index contributed by atoms with van der Waals surface area (Å²) in [6.07, 6.45) is 2.17. The molecule has 0 saturated carbocycles. The Morgan fingerprint density at radius 1 is 1.00 bits per heavy atom. The van der Waals surface area contributed by atoms with Crippen molar-refractivity contribution in [3.63, 3.8) is 0 Å². The molecule has 5 rings (SSSR count). The standard InChI is InChI=1S/C29H32N6O4/c1-18-23-16-30-35(29(2,3)4)27(23)28(37)33(31-18)17-26(36)34-25(20-9-13-22(39-6)14-10-20)15-24(32-34)19-7-11-21(38-5)12-8-19/h7-14,16,25H,15,17H2,1-6H3. The van der Waals surface area contributed by atoms with Crippen molar-refractivity contribution in [2.75, 3.05) is 14.2 Å². The highest BCUT2D eigenvalue weighted by Crippen LogP contribution is 2.34. The second-order valence-electron chi connectivity index (χ2n) is 10.5. The fourth-order valence-corrected chi connectivity index (χ4v) is 4.82. The quantitative estimate of drug-likeness (QED) is 0.374. The summed E-state index contributed by atoms with van der Waals surface area (Å²) in [6, 6.07) is 14.8. The number of amides is 1. The largest absolute Gasteiger partial charge is 0.497 e. The topological polar surface area (TPSA) is 104 Å². The number of hydrogen-bond donors (Lipinski definition) is 0. The van der Waals surface area contributed by atoms with Gasteiger partial charge in [0.1, 0.15) is 23.6 Å². The average molecular weight is 529 g/mol. The van der Waals surface area contributed by atoms with E-state index in [-0.39, 0.29) is 24.1 Å². The van der Waals surface area contributed by atoms with E-state index in [0.29, 0.717) is 23.0 Å². The lowest BCUT2D eigenvalue weighted by Gasteiger charge is -2.23. The van der Waals surface area contributed by atoms with Crippen LogP contribution >= 0.6 is 0 Å². The van der Waals surface area contributed by atoms with E-state index < -0.39 is 5.54 Å². The van der Waals surface area contributed by atoms with E-state index in [4.69, 9.17) is 14.6 Å². The van der Waals surface area contributed by atoms with Crippen LogP contribution in [0.2, 0.25) is 0 Å². The van der Waals surface area contributed by atoms with Crippen molar-refractivity contribution >= 4 is 22.5 Å². The van der Waals surface area contributed by atoms with Crippen LogP contribution in [0.25, 0.3) is 10.9 Å². The van der Waals surface area contributed by atoms with Crippen molar-refractivity contribution in [1.29, 1.82) is 0 Å². The minimum absolute atomic E-state index is 0.253. The minimum atomic E-state index is -0.414. The highest BCUT2D eigenvalue weighted by Gasteiger charge is 2.34. The van der Waals surface area contributed by atoms with Crippen LogP contribution in [0.15, 0.2) is 64.6 Å². The van der Waals surface area contributed by atoms with Gasteiger partial charge in [0.05, 0.1) is 43.4 Å². The zero-order valence-corrected chi connectivity index (χ0v) is 23.0. The minimum Gasteiger partial charge on any atom is -0.497 e. The Morgan fingerprint density at radius 2 is 1.62 bits per heavy atom. The number of hydrazone groups is 1.